The number of amides is 2. The number of nitrogens with zero attached hydrogens (tertiary/aromatic N) is 1. The minimum absolute atomic E-state index is 0.0679. The van der Waals surface area contributed by atoms with E-state index in [2.05, 4.69) is 19.2 Å². The summed E-state index contributed by atoms with van der Waals surface area (Å²) in [4.78, 5) is 26.5. The second-order valence-electron chi connectivity index (χ2n) is 7.10. The first-order valence-corrected chi connectivity index (χ1v) is 9.52. The van der Waals surface area contributed by atoms with E-state index in [9.17, 15) is 9.59 Å². The number of anilines is 2. The first kappa shape index (κ1) is 21.0. The molecule has 0 bridgehead atoms. The van der Waals surface area contributed by atoms with Crippen LogP contribution in [0.2, 0.25) is 5.02 Å². The van der Waals surface area contributed by atoms with Gasteiger partial charge in [-0.3, -0.25) is 9.59 Å². The van der Waals surface area contributed by atoms with Crippen LogP contribution in [0.4, 0.5) is 11.4 Å². The number of hydrogen-bond acceptors (Lipinski definition) is 2. The Hall–Kier alpha value is -2.33. The van der Waals surface area contributed by atoms with Gasteiger partial charge in [-0.1, -0.05) is 43.6 Å². The Labute approximate surface area is 166 Å². The van der Waals surface area contributed by atoms with Crippen LogP contribution in [0.15, 0.2) is 36.4 Å². The molecule has 0 spiro atoms. The lowest BCUT2D eigenvalue weighted by atomic mass is 9.97. The monoisotopic (exact) mass is 386 g/mol. The summed E-state index contributed by atoms with van der Waals surface area (Å²) in [5, 5.41) is 3.53. The zero-order valence-corrected chi connectivity index (χ0v) is 17.4. The molecule has 2 amide bonds. The number of benzene rings is 2. The van der Waals surface area contributed by atoms with E-state index in [4.69, 9.17) is 11.6 Å². The quantitative estimate of drug-likeness (QED) is 0.716. The molecule has 4 nitrogen and oxygen atoms in total. The summed E-state index contributed by atoms with van der Waals surface area (Å²) in [5.74, 6) is 0.0836. The highest BCUT2D eigenvalue weighted by molar-refractivity contribution is 6.30. The summed E-state index contributed by atoms with van der Waals surface area (Å²) in [7, 11) is 0. The molecule has 0 fully saturated rings. The second kappa shape index (κ2) is 9.05. The van der Waals surface area contributed by atoms with Crippen LogP contribution in [0.3, 0.4) is 0 Å². The van der Waals surface area contributed by atoms with E-state index in [-0.39, 0.29) is 24.2 Å². The molecule has 27 heavy (non-hydrogen) atoms. The van der Waals surface area contributed by atoms with E-state index in [1.165, 1.54) is 6.92 Å². The van der Waals surface area contributed by atoms with Gasteiger partial charge < -0.3 is 10.2 Å². The Kier molecular flexibility index (Phi) is 7.03. The average Bonchev–Trinajstić information content (AvgIpc) is 2.58. The second-order valence-corrected chi connectivity index (χ2v) is 7.53. The number of rotatable bonds is 6. The number of nitrogens with one attached hydrogen (secondary N) is 1. The molecule has 0 aliphatic rings. The van der Waals surface area contributed by atoms with Crippen LogP contribution in [-0.2, 0) is 9.59 Å². The van der Waals surface area contributed by atoms with Crippen LogP contribution in [0.5, 0.6) is 0 Å². The summed E-state index contributed by atoms with van der Waals surface area (Å²) >= 11 is 5.96. The van der Waals surface area contributed by atoms with Gasteiger partial charge in [-0.25, -0.2) is 0 Å². The van der Waals surface area contributed by atoms with Crippen LogP contribution in [0.1, 0.15) is 49.8 Å². The summed E-state index contributed by atoms with van der Waals surface area (Å²) in [6, 6.07) is 11.4. The molecule has 0 atom stereocenters. The predicted octanol–water partition coefficient (Wildman–Crippen LogP) is 5.46. The number of aryl methyl sites for hydroxylation is 2. The lowest BCUT2D eigenvalue weighted by molar-refractivity contribution is -0.117. The third kappa shape index (κ3) is 5.33. The third-order valence-electron chi connectivity index (χ3n) is 4.57. The number of halogens is 1. The van der Waals surface area contributed by atoms with Crippen molar-refractivity contribution in [3.8, 4) is 0 Å². The van der Waals surface area contributed by atoms with Gasteiger partial charge in [0, 0.05) is 36.3 Å². The maximum absolute atomic E-state index is 12.4. The summed E-state index contributed by atoms with van der Waals surface area (Å²) in [6.45, 7) is 9.97. The number of para-hydroxylation sites is 1. The number of carbonyl (C=O) groups is 2. The van der Waals surface area contributed by atoms with Gasteiger partial charge in [-0.05, 0) is 54.7 Å². The molecular formula is C22H27ClN2O2. The van der Waals surface area contributed by atoms with Crippen LogP contribution < -0.4 is 10.2 Å². The van der Waals surface area contributed by atoms with Crippen molar-refractivity contribution in [3.05, 3.63) is 58.1 Å². The van der Waals surface area contributed by atoms with Gasteiger partial charge in [0.05, 0.1) is 0 Å². The average molecular weight is 387 g/mol. The molecule has 0 saturated heterocycles. The number of carbonyl (C=O) groups excluding carboxylic acids is 2. The fraction of sp³-hybridized carbons (Fsp3) is 0.364. The van der Waals surface area contributed by atoms with Crippen molar-refractivity contribution >= 4 is 34.8 Å². The van der Waals surface area contributed by atoms with Crippen molar-refractivity contribution in [2.75, 3.05) is 16.8 Å². The van der Waals surface area contributed by atoms with Gasteiger partial charge in [0.15, 0.2) is 0 Å². The van der Waals surface area contributed by atoms with Crippen molar-refractivity contribution < 1.29 is 9.59 Å². The smallest absolute Gasteiger partial charge is 0.226 e. The summed E-state index contributed by atoms with van der Waals surface area (Å²) in [5.41, 5.74) is 4.69. The van der Waals surface area contributed by atoms with Crippen molar-refractivity contribution in [1.82, 2.24) is 0 Å². The molecule has 0 radical (unpaired) electrons. The Bertz CT molecular complexity index is 846. The van der Waals surface area contributed by atoms with Crippen molar-refractivity contribution in [3.63, 3.8) is 0 Å². The van der Waals surface area contributed by atoms with E-state index in [0.717, 1.165) is 28.1 Å². The maximum Gasteiger partial charge on any atom is 0.226 e. The van der Waals surface area contributed by atoms with Crippen LogP contribution in [0.25, 0.3) is 0 Å². The first-order valence-electron chi connectivity index (χ1n) is 9.14. The molecule has 0 aliphatic heterocycles. The fourth-order valence-corrected chi connectivity index (χ4v) is 3.36. The van der Waals surface area contributed by atoms with E-state index in [1.807, 2.05) is 32.0 Å². The van der Waals surface area contributed by atoms with Crippen LogP contribution in [0, 0.1) is 13.8 Å². The number of hydrogen-bond donors (Lipinski definition) is 1. The Morgan fingerprint density at radius 1 is 1.11 bits per heavy atom. The van der Waals surface area contributed by atoms with Gasteiger partial charge in [-0.15, -0.1) is 0 Å². The van der Waals surface area contributed by atoms with Crippen LogP contribution in [-0.4, -0.2) is 18.4 Å². The van der Waals surface area contributed by atoms with E-state index >= 15 is 0 Å². The molecular weight excluding hydrogens is 360 g/mol. The first-order chi connectivity index (χ1) is 12.7. The van der Waals surface area contributed by atoms with Gasteiger partial charge in [-0.2, -0.15) is 0 Å². The van der Waals surface area contributed by atoms with Crippen molar-refractivity contribution in [1.29, 1.82) is 0 Å². The normalized spacial score (nSPS) is 10.8. The highest BCUT2D eigenvalue weighted by Crippen LogP contribution is 2.31. The minimum Gasteiger partial charge on any atom is -0.326 e. The molecule has 144 valence electrons. The zero-order chi connectivity index (χ0) is 20.1. The minimum atomic E-state index is -0.133. The highest BCUT2D eigenvalue weighted by Gasteiger charge is 2.20. The Morgan fingerprint density at radius 2 is 1.81 bits per heavy atom. The topological polar surface area (TPSA) is 49.4 Å². The lowest BCUT2D eigenvalue weighted by Crippen LogP contribution is -2.33. The zero-order valence-electron chi connectivity index (χ0n) is 16.6. The molecule has 1 N–H and O–H groups in total. The molecule has 5 heteroatoms. The van der Waals surface area contributed by atoms with Gasteiger partial charge in [0.25, 0.3) is 0 Å². The fourth-order valence-electron chi connectivity index (χ4n) is 3.14. The Morgan fingerprint density at radius 3 is 2.41 bits per heavy atom. The standard InChI is InChI=1S/C22H27ClN2O2/c1-14(2)19-8-6-7-15(3)22(19)25(17(5)26)12-11-21(27)24-20-10-9-18(23)13-16(20)4/h6-10,13-14H,11-12H2,1-5H3,(H,24,27). The van der Waals surface area contributed by atoms with E-state index in [0.29, 0.717) is 11.6 Å². The lowest BCUT2D eigenvalue weighted by Gasteiger charge is -2.27. The molecule has 0 aromatic heterocycles. The van der Waals surface area contributed by atoms with Crippen LogP contribution >= 0.6 is 11.6 Å². The molecule has 0 heterocycles. The summed E-state index contributed by atoms with van der Waals surface area (Å²) in [6.07, 6.45) is 0.216. The summed E-state index contributed by atoms with van der Waals surface area (Å²) < 4.78 is 0. The SMILES string of the molecule is CC(=O)N(CCC(=O)Nc1ccc(Cl)cc1C)c1c(C)cccc1C(C)C. The molecule has 2 aromatic rings. The molecule has 0 saturated carbocycles. The van der Waals surface area contributed by atoms with Crippen molar-refractivity contribution in [2.45, 2.75) is 47.0 Å². The molecule has 2 rings (SSSR count). The predicted molar refractivity (Wildman–Crippen MR) is 113 cm³/mol. The Balaban J connectivity index is 2.16. The molecule has 0 aliphatic carbocycles. The van der Waals surface area contributed by atoms with Gasteiger partial charge in [0.2, 0.25) is 11.8 Å². The van der Waals surface area contributed by atoms with E-state index < -0.39 is 0 Å². The van der Waals surface area contributed by atoms with Gasteiger partial charge >= 0.3 is 0 Å². The maximum atomic E-state index is 12.4. The van der Waals surface area contributed by atoms with Crippen molar-refractivity contribution in [2.24, 2.45) is 0 Å². The van der Waals surface area contributed by atoms with Gasteiger partial charge in [0.1, 0.15) is 0 Å². The van der Waals surface area contributed by atoms with E-state index in [1.54, 1.807) is 23.1 Å². The third-order valence-corrected chi connectivity index (χ3v) is 4.80. The largest absolute Gasteiger partial charge is 0.326 e. The highest BCUT2D eigenvalue weighted by atomic mass is 35.5. The molecule has 0 unspecified atom stereocenters. The molecule has 2 aromatic carbocycles.